The zero-order valence-electron chi connectivity index (χ0n) is 18.3. The Hall–Kier alpha value is -3.39. The summed E-state index contributed by atoms with van der Waals surface area (Å²) in [7, 11) is 0. The van der Waals surface area contributed by atoms with Crippen molar-refractivity contribution in [3.63, 3.8) is 0 Å². The number of nitrogens with one attached hydrogen (secondary N) is 2. The highest BCUT2D eigenvalue weighted by Crippen LogP contribution is 2.08. The van der Waals surface area contributed by atoms with Crippen molar-refractivity contribution in [1.29, 1.82) is 0 Å². The summed E-state index contributed by atoms with van der Waals surface area (Å²) in [6.07, 6.45) is -0.425. The SMILES string of the molecule is CC(C)C[C@H](NC(=O)OCc1ccccc1)C(=O)N[C@@H](CO)C(=O)OCc1ccccc1. The molecule has 2 aromatic rings. The van der Waals surface area contributed by atoms with Gasteiger partial charge in [-0.1, -0.05) is 74.5 Å². The maximum absolute atomic E-state index is 12.7. The average molecular weight is 443 g/mol. The van der Waals surface area contributed by atoms with Crippen LogP contribution in [0.5, 0.6) is 0 Å². The summed E-state index contributed by atoms with van der Waals surface area (Å²) in [5.41, 5.74) is 1.60. The topological polar surface area (TPSA) is 114 Å². The number of ether oxygens (including phenoxy) is 2. The molecule has 8 nitrogen and oxygen atoms in total. The normalized spacial score (nSPS) is 12.5. The second kappa shape index (κ2) is 13.1. The van der Waals surface area contributed by atoms with Gasteiger partial charge in [-0.2, -0.15) is 0 Å². The van der Waals surface area contributed by atoms with E-state index in [9.17, 15) is 19.5 Å². The summed E-state index contributed by atoms with van der Waals surface area (Å²) in [6, 6.07) is 16.0. The highest BCUT2D eigenvalue weighted by molar-refractivity contribution is 5.89. The lowest BCUT2D eigenvalue weighted by molar-refractivity contribution is -0.150. The van der Waals surface area contributed by atoms with Crippen LogP contribution in [0.2, 0.25) is 0 Å². The number of aliphatic hydroxyl groups excluding tert-OH is 1. The van der Waals surface area contributed by atoms with E-state index in [1.807, 2.05) is 62.4 Å². The molecule has 0 bridgehead atoms. The predicted molar refractivity (Wildman–Crippen MR) is 118 cm³/mol. The van der Waals surface area contributed by atoms with Crippen molar-refractivity contribution in [3.05, 3.63) is 71.8 Å². The number of alkyl carbamates (subject to hydrolysis) is 1. The fourth-order valence-corrected chi connectivity index (χ4v) is 2.89. The maximum atomic E-state index is 12.7. The molecule has 0 radical (unpaired) electrons. The number of carbonyl (C=O) groups excluding carboxylic acids is 3. The van der Waals surface area contributed by atoms with Crippen LogP contribution in [0.1, 0.15) is 31.4 Å². The van der Waals surface area contributed by atoms with E-state index in [4.69, 9.17) is 9.47 Å². The Morgan fingerprint density at radius 2 is 1.34 bits per heavy atom. The van der Waals surface area contributed by atoms with Gasteiger partial charge in [0.1, 0.15) is 19.3 Å². The van der Waals surface area contributed by atoms with Gasteiger partial charge in [0.15, 0.2) is 6.04 Å². The van der Waals surface area contributed by atoms with Crippen molar-refractivity contribution in [2.24, 2.45) is 5.92 Å². The van der Waals surface area contributed by atoms with Crippen molar-refractivity contribution in [1.82, 2.24) is 10.6 Å². The van der Waals surface area contributed by atoms with Crippen molar-refractivity contribution in [3.8, 4) is 0 Å². The van der Waals surface area contributed by atoms with Crippen LogP contribution < -0.4 is 10.6 Å². The number of amides is 2. The number of hydrogen-bond acceptors (Lipinski definition) is 6. The zero-order chi connectivity index (χ0) is 23.3. The Labute approximate surface area is 187 Å². The Morgan fingerprint density at radius 1 is 0.812 bits per heavy atom. The average Bonchev–Trinajstić information content (AvgIpc) is 2.80. The van der Waals surface area contributed by atoms with Crippen LogP contribution in [-0.2, 0) is 32.3 Å². The van der Waals surface area contributed by atoms with Crippen LogP contribution >= 0.6 is 0 Å². The molecular formula is C24H30N2O6. The minimum absolute atomic E-state index is 0.0194. The number of carbonyl (C=O) groups is 3. The smallest absolute Gasteiger partial charge is 0.408 e. The summed E-state index contributed by atoms with van der Waals surface area (Å²) in [4.78, 5) is 37.2. The summed E-state index contributed by atoms with van der Waals surface area (Å²) < 4.78 is 10.4. The third kappa shape index (κ3) is 8.77. The third-order valence-corrected chi connectivity index (χ3v) is 4.54. The number of aliphatic hydroxyl groups is 1. The molecule has 0 aromatic heterocycles. The molecule has 3 N–H and O–H groups in total. The minimum Gasteiger partial charge on any atom is -0.459 e. The van der Waals surface area contributed by atoms with Gasteiger partial charge in [-0.25, -0.2) is 9.59 Å². The van der Waals surface area contributed by atoms with E-state index < -0.39 is 36.7 Å². The van der Waals surface area contributed by atoms with Gasteiger partial charge >= 0.3 is 12.1 Å². The summed E-state index contributed by atoms with van der Waals surface area (Å²) >= 11 is 0. The second-order valence-electron chi connectivity index (χ2n) is 7.73. The standard InChI is InChI=1S/C24H30N2O6/c1-17(2)13-20(26-24(30)32-16-19-11-7-4-8-12-19)22(28)25-21(14-27)23(29)31-15-18-9-5-3-6-10-18/h3-12,17,20-21,27H,13-16H2,1-2H3,(H,25,28)(H,26,30)/t20-,21-/m0/s1. The number of esters is 1. The molecule has 0 aliphatic heterocycles. The van der Waals surface area contributed by atoms with E-state index in [1.165, 1.54) is 0 Å². The first-order valence-electron chi connectivity index (χ1n) is 10.5. The van der Waals surface area contributed by atoms with Gasteiger partial charge < -0.3 is 25.2 Å². The first kappa shape index (κ1) is 24.9. The molecule has 32 heavy (non-hydrogen) atoms. The molecule has 8 heteroatoms. The van der Waals surface area contributed by atoms with Gasteiger partial charge in [-0.05, 0) is 23.5 Å². The largest absolute Gasteiger partial charge is 0.459 e. The van der Waals surface area contributed by atoms with E-state index in [-0.39, 0.29) is 19.1 Å². The van der Waals surface area contributed by atoms with E-state index in [1.54, 1.807) is 12.1 Å². The first-order chi connectivity index (χ1) is 15.4. The monoisotopic (exact) mass is 442 g/mol. The molecule has 172 valence electrons. The number of rotatable bonds is 11. The van der Waals surface area contributed by atoms with Crippen molar-refractivity contribution >= 4 is 18.0 Å². The van der Waals surface area contributed by atoms with Crippen molar-refractivity contribution in [2.75, 3.05) is 6.61 Å². The lowest BCUT2D eigenvalue weighted by Gasteiger charge is -2.22. The maximum Gasteiger partial charge on any atom is 0.408 e. The Kier molecular flexibility index (Phi) is 10.2. The van der Waals surface area contributed by atoms with Crippen LogP contribution in [-0.4, -0.2) is 41.8 Å². The molecule has 2 rings (SSSR count). The van der Waals surface area contributed by atoms with Gasteiger partial charge in [0, 0.05) is 0 Å². The van der Waals surface area contributed by atoms with E-state index in [0.29, 0.717) is 6.42 Å². The quantitative estimate of drug-likeness (QED) is 0.461. The summed E-state index contributed by atoms with van der Waals surface area (Å²) in [6.45, 7) is 3.25. The molecule has 0 spiro atoms. The Morgan fingerprint density at radius 3 is 1.84 bits per heavy atom. The lowest BCUT2D eigenvalue weighted by Crippen LogP contribution is -2.53. The molecule has 0 saturated heterocycles. The molecule has 0 aliphatic carbocycles. The first-order valence-corrected chi connectivity index (χ1v) is 10.5. The fraction of sp³-hybridized carbons (Fsp3) is 0.375. The molecule has 0 fully saturated rings. The molecule has 0 aliphatic rings. The van der Waals surface area contributed by atoms with Gasteiger partial charge in [0.2, 0.25) is 5.91 Å². The number of benzene rings is 2. The van der Waals surface area contributed by atoms with Gasteiger partial charge in [-0.3, -0.25) is 4.79 Å². The van der Waals surface area contributed by atoms with Crippen LogP contribution in [0, 0.1) is 5.92 Å². The molecule has 2 amide bonds. The minimum atomic E-state index is -1.25. The Balaban J connectivity index is 1.91. The van der Waals surface area contributed by atoms with E-state index in [2.05, 4.69) is 10.6 Å². The molecule has 2 atom stereocenters. The van der Waals surface area contributed by atoms with E-state index in [0.717, 1.165) is 11.1 Å². The number of hydrogen-bond donors (Lipinski definition) is 3. The molecular weight excluding hydrogens is 412 g/mol. The van der Waals surface area contributed by atoms with Crippen LogP contribution in [0.4, 0.5) is 4.79 Å². The summed E-state index contributed by atoms with van der Waals surface area (Å²) in [5, 5.41) is 14.6. The van der Waals surface area contributed by atoms with Crippen molar-refractivity contribution < 1.29 is 29.0 Å². The highest BCUT2D eigenvalue weighted by Gasteiger charge is 2.28. The van der Waals surface area contributed by atoms with E-state index >= 15 is 0 Å². The van der Waals surface area contributed by atoms with Gasteiger partial charge in [-0.15, -0.1) is 0 Å². The van der Waals surface area contributed by atoms with Gasteiger partial charge in [0.05, 0.1) is 6.61 Å². The third-order valence-electron chi connectivity index (χ3n) is 4.54. The van der Waals surface area contributed by atoms with Crippen LogP contribution in [0.3, 0.4) is 0 Å². The molecule has 0 heterocycles. The van der Waals surface area contributed by atoms with Crippen LogP contribution in [0.25, 0.3) is 0 Å². The molecule has 2 aromatic carbocycles. The highest BCUT2D eigenvalue weighted by atomic mass is 16.5. The second-order valence-corrected chi connectivity index (χ2v) is 7.73. The zero-order valence-corrected chi connectivity index (χ0v) is 18.3. The molecule has 0 saturated carbocycles. The van der Waals surface area contributed by atoms with Crippen molar-refractivity contribution in [2.45, 2.75) is 45.6 Å². The van der Waals surface area contributed by atoms with Crippen LogP contribution in [0.15, 0.2) is 60.7 Å². The summed E-state index contributed by atoms with van der Waals surface area (Å²) in [5.74, 6) is -1.29. The van der Waals surface area contributed by atoms with Gasteiger partial charge in [0.25, 0.3) is 0 Å². The fourth-order valence-electron chi connectivity index (χ4n) is 2.89. The predicted octanol–water partition coefficient (Wildman–Crippen LogP) is 2.55. The lowest BCUT2D eigenvalue weighted by atomic mass is 10.0. The molecule has 0 unspecified atom stereocenters. The Bertz CT molecular complexity index is 857.